The minimum atomic E-state index is -0.00899. The van der Waals surface area contributed by atoms with Crippen LogP contribution in [0.5, 0.6) is 5.75 Å². The molecule has 0 saturated heterocycles. The van der Waals surface area contributed by atoms with Gasteiger partial charge in [0.1, 0.15) is 17.3 Å². The second kappa shape index (κ2) is 7.83. The lowest BCUT2D eigenvalue weighted by Crippen LogP contribution is -2.35. The molecule has 0 radical (unpaired) electrons. The van der Waals surface area contributed by atoms with Crippen LogP contribution in [-0.2, 0) is 11.2 Å². The van der Waals surface area contributed by atoms with E-state index < -0.39 is 0 Å². The van der Waals surface area contributed by atoms with Gasteiger partial charge in [0, 0.05) is 6.54 Å². The molecule has 0 saturated carbocycles. The lowest BCUT2D eigenvalue weighted by molar-refractivity contribution is -0.120. The van der Waals surface area contributed by atoms with E-state index in [-0.39, 0.29) is 11.9 Å². The molecular weight excluding hydrogens is 292 g/mol. The third kappa shape index (κ3) is 4.86. The molecule has 1 atom stereocenters. The van der Waals surface area contributed by atoms with E-state index in [0.29, 0.717) is 13.0 Å². The summed E-state index contributed by atoms with van der Waals surface area (Å²) in [7, 11) is 5.57. The molecule has 1 aromatic carbocycles. The average Bonchev–Trinajstić information content (AvgIpc) is 2.94. The largest absolute Gasteiger partial charge is 0.497 e. The van der Waals surface area contributed by atoms with E-state index in [0.717, 1.165) is 22.8 Å². The Morgan fingerprint density at radius 1 is 1.22 bits per heavy atom. The highest BCUT2D eigenvalue weighted by Crippen LogP contribution is 2.20. The Morgan fingerprint density at radius 2 is 1.91 bits per heavy atom. The third-order valence-electron chi connectivity index (χ3n) is 3.73. The topological polar surface area (TPSA) is 54.7 Å². The number of hydrogen-bond acceptors (Lipinski definition) is 4. The fraction of sp³-hybridized carbons (Fsp3) is 0.389. The van der Waals surface area contributed by atoms with Crippen molar-refractivity contribution >= 4 is 5.91 Å². The second-order valence-electron chi connectivity index (χ2n) is 5.76. The molecule has 0 aliphatic heterocycles. The maximum atomic E-state index is 12.1. The monoisotopic (exact) mass is 316 g/mol. The predicted molar refractivity (Wildman–Crippen MR) is 89.6 cm³/mol. The number of carbonyl (C=O) groups excluding carboxylic acids is 1. The van der Waals surface area contributed by atoms with Gasteiger partial charge in [0.05, 0.1) is 19.6 Å². The number of benzene rings is 1. The summed E-state index contributed by atoms with van der Waals surface area (Å²) in [5.74, 6) is 2.51. The van der Waals surface area contributed by atoms with E-state index in [1.165, 1.54) is 0 Å². The molecule has 23 heavy (non-hydrogen) atoms. The molecular formula is C18H24N2O3. The lowest BCUT2D eigenvalue weighted by Gasteiger charge is -2.22. The van der Waals surface area contributed by atoms with E-state index in [4.69, 9.17) is 9.15 Å². The van der Waals surface area contributed by atoms with Crippen molar-refractivity contribution in [2.45, 2.75) is 19.4 Å². The number of carbonyl (C=O) groups is 1. The number of methoxy groups -OCH3 is 1. The molecule has 0 fully saturated rings. The number of aryl methyl sites for hydroxylation is 1. The van der Waals surface area contributed by atoms with Gasteiger partial charge in [-0.25, -0.2) is 0 Å². The fourth-order valence-electron chi connectivity index (χ4n) is 2.37. The first-order valence-corrected chi connectivity index (χ1v) is 7.62. The van der Waals surface area contributed by atoms with Crippen LogP contribution >= 0.6 is 0 Å². The molecule has 2 aromatic rings. The minimum absolute atomic E-state index is 0.00899. The maximum absolute atomic E-state index is 12.1. The van der Waals surface area contributed by atoms with Crippen LogP contribution in [0.25, 0.3) is 0 Å². The Labute approximate surface area is 137 Å². The van der Waals surface area contributed by atoms with Crippen LogP contribution in [-0.4, -0.2) is 38.6 Å². The first kappa shape index (κ1) is 17.1. The van der Waals surface area contributed by atoms with Crippen LogP contribution in [0.1, 0.15) is 23.1 Å². The third-order valence-corrected chi connectivity index (χ3v) is 3.73. The zero-order chi connectivity index (χ0) is 16.8. The SMILES string of the molecule is COc1ccc(CC(=O)NC[C@H](c2ccc(C)o2)N(C)C)cc1. The number of nitrogens with zero attached hydrogens (tertiary/aromatic N) is 1. The highest BCUT2D eigenvalue weighted by molar-refractivity contribution is 5.78. The van der Waals surface area contributed by atoms with Crippen molar-refractivity contribution in [3.05, 3.63) is 53.5 Å². The van der Waals surface area contributed by atoms with Gasteiger partial charge in [-0.2, -0.15) is 0 Å². The van der Waals surface area contributed by atoms with Crippen LogP contribution in [0.2, 0.25) is 0 Å². The predicted octanol–water partition coefficient (Wildman–Crippen LogP) is 2.56. The van der Waals surface area contributed by atoms with Crippen LogP contribution in [0, 0.1) is 6.92 Å². The number of ether oxygens (including phenoxy) is 1. The number of amides is 1. The summed E-state index contributed by atoms with van der Waals surface area (Å²) < 4.78 is 10.8. The maximum Gasteiger partial charge on any atom is 0.224 e. The number of rotatable bonds is 7. The summed E-state index contributed by atoms with van der Waals surface area (Å²) in [6.45, 7) is 2.42. The zero-order valence-electron chi connectivity index (χ0n) is 14.1. The van der Waals surface area contributed by atoms with E-state index in [1.54, 1.807) is 7.11 Å². The van der Waals surface area contributed by atoms with Crippen molar-refractivity contribution < 1.29 is 13.9 Å². The van der Waals surface area contributed by atoms with Crippen molar-refractivity contribution in [1.29, 1.82) is 0 Å². The highest BCUT2D eigenvalue weighted by Gasteiger charge is 2.18. The van der Waals surface area contributed by atoms with Crippen molar-refractivity contribution in [2.24, 2.45) is 0 Å². The van der Waals surface area contributed by atoms with Crippen LogP contribution in [0.15, 0.2) is 40.8 Å². The average molecular weight is 316 g/mol. The summed E-state index contributed by atoms with van der Waals surface area (Å²) >= 11 is 0. The summed E-state index contributed by atoms with van der Waals surface area (Å²) in [4.78, 5) is 14.2. The summed E-state index contributed by atoms with van der Waals surface area (Å²) in [6.07, 6.45) is 0.349. The van der Waals surface area contributed by atoms with Gasteiger partial charge in [0.15, 0.2) is 0 Å². The summed E-state index contributed by atoms with van der Waals surface area (Å²) in [6, 6.07) is 11.4. The van der Waals surface area contributed by atoms with Gasteiger partial charge in [-0.3, -0.25) is 9.69 Å². The molecule has 5 heteroatoms. The normalized spacial score (nSPS) is 12.2. The number of hydrogen-bond donors (Lipinski definition) is 1. The molecule has 1 aromatic heterocycles. The van der Waals surface area contributed by atoms with Crippen LogP contribution in [0.3, 0.4) is 0 Å². The minimum Gasteiger partial charge on any atom is -0.497 e. The highest BCUT2D eigenvalue weighted by atomic mass is 16.5. The number of likely N-dealkylation sites (N-methyl/N-ethyl adjacent to an activating group) is 1. The standard InChI is InChI=1S/C18H24N2O3/c1-13-5-10-17(23-13)16(20(2)3)12-19-18(21)11-14-6-8-15(22-4)9-7-14/h5-10,16H,11-12H2,1-4H3,(H,19,21)/t16-/m1/s1. The van der Waals surface area contributed by atoms with E-state index in [9.17, 15) is 4.79 Å². The van der Waals surface area contributed by atoms with Crippen molar-refractivity contribution in [3.8, 4) is 5.75 Å². The first-order chi connectivity index (χ1) is 11.0. The molecule has 0 spiro atoms. The molecule has 0 bridgehead atoms. The van der Waals surface area contributed by atoms with Gasteiger partial charge < -0.3 is 14.5 Å². The van der Waals surface area contributed by atoms with Gasteiger partial charge in [-0.1, -0.05) is 12.1 Å². The molecule has 0 unspecified atom stereocenters. The Hall–Kier alpha value is -2.27. The Bertz CT molecular complexity index is 632. The van der Waals surface area contributed by atoms with E-state index in [1.807, 2.05) is 62.3 Å². The molecule has 5 nitrogen and oxygen atoms in total. The van der Waals surface area contributed by atoms with Crippen molar-refractivity contribution in [2.75, 3.05) is 27.7 Å². The van der Waals surface area contributed by atoms with Gasteiger partial charge in [-0.05, 0) is 50.8 Å². The molecule has 0 aliphatic carbocycles. The molecule has 1 amide bonds. The van der Waals surface area contributed by atoms with E-state index in [2.05, 4.69) is 5.32 Å². The smallest absolute Gasteiger partial charge is 0.224 e. The van der Waals surface area contributed by atoms with Crippen LogP contribution in [0.4, 0.5) is 0 Å². The van der Waals surface area contributed by atoms with Crippen molar-refractivity contribution in [3.63, 3.8) is 0 Å². The quantitative estimate of drug-likeness (QED) is 0.853. The Kier molecular flexibility index (Phi) is 5.82. The summed E-state index contributed by atoms with van der Waals surface area (Å²) in [5, 5.41) is 2.98. The molecule has 124 valence electrons. The van der Waals surface area contributed by atoms with Gasteiger partial charge in [0.2, 0.25) is 5.91 Å². The van der Waals surface area contributed by atoms with Crippen LogP contribution < -0.4 is 10.1 Å². The van der Waals surface area contributed by atoms with Gasteiger partial charge in [-0.15, -0.1) is 0 Å². The number of furan rings is 1. The van der Waals surface area contributed by atoms with Gasteiger partial charge in [0.25, 0.3) is 0 Å². The molecule has 2 rings (SSSR count). The first-order valence-electron chi connectivity index (χ1n) is 7.62. The molecule has 0 aliphatic rings. The molecule has 1 N–H and O–H groups in total. The Morgan fingerprint density at radius 3 is 2.43 bits per heavy atom. The zero-order valence-corrected chi connectivity index (χ0v) is 14.1. The number of nitrogens with one attached hydrogen (secondary N) is 1. The molecule has 1 heterocycles. The Balaban J connectivity index is 1.90. The summed E-state index contributed by atoms with van der Waals surface area (Å²) in [5.41, 5.74) is 0.957. The van der Waals surface area contributed by atoms with Crippen molar-refractivity contribution in [1.82, 2.24) is 10.2 Å². The van der Waals surface area contributed by atoms with E-state index >= 15 is 0 Å². The second-order valence-corrected chi connectivity index (χ2v) is 5.76. The fourth-order valence-corrected chi connectivity index (χ4v) is 2.37. The lowest BCUT2D eigenvalue weighted by atomic mass is 10.1. The van der Waals surface area contributed by atoms with Gasteiger partial charge >= 0.3 is 0 Å².